The average molecular weight is 238 g/mol. The number of halogens is 1. The highest BCUT2D eigenvalue weighted by Gasteiger charge is 2.46. The van der Waals surface area contributed by atoms with E-state index < -0.39 is 5.67 Å². The Labute approximate surface area is 106 Å². The molecule has 1 rings (SSSR count). The normalized spacial score (nSPS) is 27.2. The van der Waals surface area contributed by atoms with Gasteiger partial charge in [-0.25, -0.2) is 4.39 Å². The van der Waals surface area contributed by atoms with Crippen LogP contribution >= 0.6 is 0 Å². The smallest absolute Gasteiger partial charge is 0.132 e. The molecule has 0 amide bonds. The van der Waals surface area contributed by atoms with Crippen LogP contribution in [0.3, 0.4) is 0 Å². The molecular formula is C16H27F. The summed E-state index contributed by atoms with van der Waals surface area (Å²) in [6.07, 6.45) is 5.86. The molecule has 0 saturated heterocycles. The average Bonchev–Trinajstić information content (AvgIpc) is 2.22. The second-order valence-electron chi connectivity index (χ2n) is 6.43. The van der Waals surface area contributed by atoms with Crippen LogP contribution in [0.15, 0.2) is 23.8 Å². The van der Waals surface area contributed by atoms with Crippen LogP contribution in [-0.2, 0) is 0 Å². The maximum absolute atomic E-state index is 15.1. The van der Waals surface area contributed by atoms with Crippen molar-refractivity contribution in [1.29, 1.82) is 0 Å². The molecule has 0 aromatic heterocycles. The molecule has 0 aliphatic heterocycles. The molecule has 1 heteroatoms. The first-order valence-electron chi connectivity index (χ1n) is 6.74. The summed E-state index contributed by atoms with van der Waals surface area (Å²) in [6, 6.07) is 0. The minimum atomic E-state index is -1.24. The summed E-state index contributed by atoms with van der Waals surface area (Å²) in [5.41, 5.74) is 0.879. The van der Waals surface area contributed by atoms with Crippen molar-refractivity contribution in [3.63, 3.8) is 0 Å². The van der Waals surface area contributed by atoms with Crippen molar-refractivity contribution in [1.82, 2.24) is 0 Å². The van der Waals surface area contributed by atoms with Gasteiger partial charge in [-0.15, -0.1) is 0 Å². The third-order valence-corrected chi connectivity index (χ3v) is 4.34. The van der Waals surface area contributed by atoms with Crippen LogP contribution < -0.4 is 0 Å². The number of rotatable bonds is 4. The molecule has 1 aliphatic carbocycles. The van der Waals surface area contributed by atoms with Crippen LogP contribution in [0.5, 0.6) is 0 Å². The summed E-state index contributed by atoms with van der Waals surface area (Å²) in [6.45, 7) is 14.3. The Morgan fingerprint density at radius 3 is 2.71 bits per heavy atom. The van der Waals surface area contributed by atoms with Crippen molar-refractivity contribution >= 4 is 0 Å². The molecule has 2 unspecified atom stereocenters. The lowest BCUT2D eigenvalue weighted by molar-refractivity contribution is 0.0402. The van der Waals surface area contributed by atoms with E-state index in [1.165, 1.54) is 5.57 Å². The summed E-state index contributed by atoms with van der Waals surface area (Å²) >= 11 is 0. The van der Waals surface area contributed by atoms with E-state index in [4.69, 9.17) is 0 Å². The fraction of sp³-hybridized carbons (Fsp3) is 0.750. The Balaban J connectivity index is 2.97. The predicted molar refractivity (Wildman–Crippen MR) is 73.8 cm³/mol. The molecule has 0 N–H and O–H groups in total. The fourth-order valence-electron chi connectivity index (χ4n) is 2.98. The zero-order valence-corrected chi connectivity index (χ0v) is 12.1. The van der Waals surface area contributed by atoms with E-state index in [0.29, 0.717) is 0 Å². The number of allylic oxidation sites excluding steroid dienone is 3. The molecule has 0 fully saturated rings. The summed E-state index contributed by atoms with van der Waals surface area (Å²) in [4.78, 5) is 0. The van der Waals surface area contributed by atoms with Gasteiger partial charge < -0.3 is 0 Å². The Morgan fingerprint density at radius 2 is 2.18 bits per heavy atom. The van der Waals surface area contributed by atoms with Crippen molar-refractivity contribution in [2.24, 2.45) is 11.3 Å². The van der Waals surface area contributed by atoms with Crippen molar-refractivity contribution in [3.8, 4) is 0 Å². The van der Waals surface area contributed by atoms with Gasteiger partial charge in [0.1, 0.15) is 5.67 Å². The van der Waals surface area contributed by atoms with E-state index in [0.717, 1.165) is 31.3 Å². The van der Waals surface area contributed by atoms with Crippen molar-refractivity contribution < 1.29 is 4.39 Å². The van der Waals surface area contributed by atoms with Gasteiger partial charge in [0, 0.05) is 5.92 Å². The second-order valence-corrected chi connectivity index (χ2v) is 6.43. The van der Waals surface area contributed by atoms with Crippen molar-refractivity contribution in [3.05, 3.63) is 23.8 Å². The zero-order chi connectivity index (χ0) is 13.3. The number of hydrogen-bond donors (Lipinski definition) is 0. The van der Waals surface area contributed by atoms with Gasteiger partial charge in [-0.3, -0.25) is 0 Å². The number of alkyl halides is 1. The second kappa shape index (κ2) is 4.96. The van der Waals surface area contributed by atoms with E-state index in [2.05, 4.69) is 40.3 Å². The summed E-state index contributed by atoms with van der Waals surface area (Å²) in [7, 11) is 0. The van der Waals surface area contributed by atoms with Crippen LogP contribution in [0.4, 0.5) is 4.39 Å². The highest BCUT2D eigenvalue weighted by molar-refractivity contribution is 5.20. The third kappa shape index (κ3) is 3.00. The van der Waals surface area contributed by atoms with Gasteiger partial charge in [-0.2, -0.15) is 0 Å². The summed E-state index contributed by atoms with van der Waals surface area (Å²) in [5, 5.41) is 0. The lowest BCUT2D eigenvalue weighted by Crippen LogP contribution is -2.43. The minimum absolute atomic E-state index is 0.0275. The minimum Gasteiger partial charge on any atom is -0.239 e. The predicted octanol–water partition coefficient (Wildman–Crippen LogP) is 5.45. The van der Waals surface area contributed by atoms with E-state index in [9.17, 15) is 0 Å². The molecule has 0 aromatic carbocycles. The van der Waals surface area contributed by atoms with Gasteiger partial charge in [0.05, 0.1) is 0 Å². The van der Waals surface area contributed by atoms with Crippen molar-refractivity contribution in [2.75, 3.05) is 0 Å². The molecule has 0 saturated carbocycles. The van der Waals surface area contributed by atoms with Gasteiger partial charge in [0.15, 0.2) is 0 Å². The standard InChI is InChI=1S/C16H27F/c1-7-8-13(3)16(6,17)14-11-12(2)9-10-15(14,4)5/h9,14H,3,7-8,10-11H2,1-2,4-6H3. The highest BCUT2D eigenvalue weighted by Crippen LogP contribution is 2.49. The Morgan fingerprint density at radius 1 is 1.59 bits per heavy atom. The molecule has 1 aliphatic rings. The van der Waals surface area contributed by atoms with Crippen LogP contribution in [0.25, 0.3) is 0 Å². The highest BCUT2D eigenvalue weighted by atomic mass is 19.1. The molecule has 0 nitrogen and oxygen atoms in total. The first kappa shape index (κ1) is 14.5. The van der Waals surface area contributed by atoms with E-state index in [-0.39, 0.29) is 11.3 Å². The SMILES string of the molecule is C=C(CCC)C(C)(F)C1CC(C)=CCC1(C)C. The topological polar surface area (TPSA) is 0 Å². The maximum atomic E-state index is 15.1. The first-order chi connectivity index (χ1) is 7.71. The van der Waals surface area contributed by atoms with Crippen molar-refractivity contribution in [2.45, 2.75) is 66.0 Å². The van der Waals surface area contributed by atoms with Crippen LogP contribution in [0.1, 0.15) is 60.3 Å². The lowest BCUT2D eigenvalue weighted by Gasteiger charge is -2.45. The van der Waals surface area contributed by atoms with Gasteiger partial charge in [-0.05, 0) is 44.1 Å². The molecular weight excluding hydrogens is 211 g/mol. The molecule has 0 spiro atoms. The quantitative estimate of drug-likeness (QED) is 0.571. The molecule has 0 heterocycles. The van der Waals surface area contributed by atoms with Crippen LogP contribution in [0, 0.1) is 11.3 Å². The molecule has 0 bridgehead atoms. The van der Waals surface area contributed by atoms with E-state index in [1.54, 1.807) is 6.92 Å². The molecule has 98 valence electrons. The third-order valence-electron chi connectivity index (χ3n) is 4.34. The van der Waals surface area contributed by atoms with Gasteiger partial charge >= 0.3 is 0 Å². The van der Waals surface area contributed by atoms with Crippen LogP contribution in [0.2, 0.25) is 0 Å². The summed E-state index contributed by atoms with van der Waals surface area (Å²) < 4.78 is 15.1. The van der Waals surface area contributed by atoms with E-state index in [1.807, 2.05) is 0 Å². The van der Waals surface area contributed by atoms with E-state index >= 15 is 4.39 Å². The lowest BCUT2D eigenvalue weighted by atomic mass is 9.62. The molecule has 2 atom stereocenters. The van der Waals surface area contributed by atoms with Crippen LogP contribution in [-0.4, -0.2) is 5.67 Å². The summed E-state index contributed by atoms with van der Waals surface area (Å²) in [5.74, 6) is 0.0547. The maximum Gasteiger partial charge on any atom is 0.132 e. The Hall–Kier alpha value is -0.590. The number of hydrogen-bond acceptors (Lipinski definition) is 0. The Bertz CT molecular complexity index is 320. The molecule has 17 heavy (non-hydrogen) atoms. The first-order valence-corrected chi connectivity index (χ1v) is 6.74. The zero-order valence-electron chi connectivity index (χ0n) is 12.1. The van der Waals surface area contributed by atoms with Gasteiger partial charge in [0.2, 0.25) is 0 Å². The molecule has 0 radical (unpaired) electrons. The molecule has 0 aromatic rings. The van der Waals surface area contributed by atoms with Gasteiger partial charge in [0.25, 0.3) is 0 Å². The monoisotopic (exact) mass is 238 g/mol. The van der Waals surface area contributed by atoms with Gasteiger partial charge in [-0.1, -0.05) is 45.4 Å². The Kier molecular flexibility index (Phi) is 4.22. The largest absolute Gasteiger partial charge is 0.239 e. The fourth-order valence-corrected chi connectivity index (χ4v) is 2.98.